The molecule has 1 saturated heterocycles. The van der Waals surface area contributed by atoms with Gasteiger partial charge in [0.05, 0.1) is 6.42 Å². The molecule has 1 amide bonds. The molecule has 1 aromatic carbocycles. The minimum atomic E-state index is -0.670. The standard InChI is InChI=1S/C15H20F2N2O/c16-13-4-3-12(14(17)9-13)8-15(20)19-7-5-11-2-1-6-18-10-11/h3-4,9,11,18H,1-2,5-8,10H2,(H,19,20). The van der Waals surface area contributed by atoms with Crippen molar-refractivity contribution < 1.29 is 13.6 Å². The van der Waals surface area contributed by atoms with Crippen LogP contribution in [0.4, 0.5) is 8.78 Å². The minimum Gasteiger partial charge on any atom is -0.356 e. The lowest BCUT2D eigenvalue weighted by atomic mass is 9.96. The van der Waals surface area contributed by atoms with E-state index >= 15 is 0 Å². The fraction of sp³-hybridized carbons (Fsp3) is 0.533. The van der Waals surface area contributed by atoms with Crippen molar-refractivity contribution >= 4 is 5.91 Å². The number of halogens is 2. The van der Waals surface area contributed by atoms with E-state index in [0.717, 1.165) is 25.6 Å². The molecule has 1 heterocycles. The normalized spacial score (nSPS) is 18.8. The smallest absolute Gasteiger partial charge is 0.224 e. The van der Waals surface area contributed by atoms with Gasteiger partial charge in [0.15, 0.2) is 0 Å². The molecule has 1 aromatic rings. The number of rotatable bonds is 5. The molecule has 0 saturated carbocycles. The Bertz CT molecular complexity index is 459. The largest absolute Gasteiger partial charge is 0.356 e. The van der Waals surface area contributed by atoms with E-state index in [-0.39, 0.29) is 17.9 Å². The molecule has 0 aromatic heterocycles. The van der Waals surface area contributed by atoms with Crippen LogP contribution in [0.1, 0.15) is 24.8 Å². The van der Waals surface area contributed by atoms with Crippen LogP contribution in [0.3, 0.4) is 0 Å². The maximum absolute atomic E-state index is 13.4. The van der Waals surface area contributed by atoms with Crippen LogP contribution in [0.5, 0.6) is 0 Å². The van der Waals surface area contributed by atoms with E-state index in [1.807, 2.05) is 0 Å². The summed E-state index contributed by atoms with van der Waals surface area (Å²) in [7, 11) is 0. The van der Waals surface area contributed by atoms with Crippen molar-refractivity contribution in [1.82, 2.24) is 10.6 Å². The first kappa shape index (κ1) is 14.9. The van der Waals surface area contributed by atoms with Crippen LogP contribution in [0.25, 0.3) is 0 Å². The number of benzene rings is 1. The zero-order chi connectivity index (χ0) is 14.4. The van der Waals surface area contributed by atoms with Crippen LogP contribution in [-0.2, 0) is 11.2 Å². The molecule has 20 heavy (non-hydrogen) atoms. The fourth-order valence-corrected chi connectivity index (χ4v) is 2.49. The average molecular weight is 282 g/mol. The Morgan fingerprint density at radius 2 is 2.25 bits per heavy atom. The first-order valence-corrected chi connectivity index (χ1v) is 7.06. The second kappa shape index (κ2) is 7.33. The molecule has 0 radical (unpaired) electrons. The van der Waals surface area contributed by atoms with Gasteiger partial charge < -0.3 is 10.6 Å². The summed E-state index contributed by atoms with van der Waals surface area (Å²) in [5, 5.41) is 6.12. The van der Waals surface area contributed by atoms with E-state index in [4.69, 9.17) is 0 Å². The van der Waals surface area contributed by atoms with E-state index in [1.165, 1.54) is 25.0 Å². The monoisotopic (exact) mass is 282 g/mol. The third kappa shape index (κ3) is 4.56. The van der Waals surface area contributed by atoms with Gasteiger partial charge in [-0.3, -0.25) is 4.79 Å². The predicted molar refractivity (Wildman–Crippen MR) is 73.3 cm³/mol. The lowest BCUT2D eigenvalue weighted by molar-refractivity contribution is -0.120. The highest BCUT2D eigenvalue weighted by Gasteiger charge is 2.13. The zero-order valence-corrected chi connectivity index (χ0v) is 11.4. The average Bonchev–Trinajstić information content (AvgIpc) is 2.43. The lowest BCUT2D eigenvalue weighted by Gasteiger charge is -2.22. The van der Waals surface area contributed by atoms with Gasteiger partial charge in [-0.15, -0.1) is 0 Å². The number of hydrogen-bond donors (Lipinski definition) is 2. The predicted octanol–water partition coefficient (Wildman–Crippen LogP) is 2.01. The van der Waals surface area contributed by atoms with Gasteiger partial charge in [-0.25, -0.2) is 8.78 Å². The molecule has 1 unspecified atom stereocenters. The number of amides is 1. The van der Waals surface area contributed by atoms with Crippen molar-refractivity contribution in [3.8, 4) is 0 Å². The molecule has 5 heteroatoms. The van der Waals surface area contributed by atoms with Crippen LogP contribution in [-0.4, -0.2) is 25.5 Å². The molecule has 0 bridgehead atoms. The molecule has 0 spiro atoms. The van der Waals surface area contributed by atoms with Gasteiger partial charge in [-0.1, -0.05) is 6.07 Å². The van der Waals surface area contributed by atoms with Crippen molar-refractivity contribution in [3.63, 3.8) is 0 Å². The third-order valence-electron chi connectivity index (χ3n) is 3.64. The van der Waals surface area contributed by atoms with Gasteiger partial charge in [-0.2, -0.15) is 0 Å². The third-order valence-corrected chi connectivity index (χ3v) is 3.64. The SMILES string of the molecule is O=C(Cc1ccc(F)cc1F)NCCC1CCCNC1. The number of hydrogen-bond acceptors (Lipinski definition) is 2. The van der Waals surface area contributed by atoms with Crippen molar-refractivity contribution in [2.24, 2.45) is 5.92 Å². The molecule has 2 N–H and O–H groups in total. The van der Waals surface area contributed by atoms with E-state index < -0.39 is 11.6 Å². The first-order valence-electron chi connectivity index (χ1n) is 7.06. The number of nitrogens with one attached hydrogen (secondary N) is 2. The zero-order valence-electron chi connectivity index (χ0n) is 11.4. The fourth-order valence-electron chi connectivity index (χ4n) is 2.49. The molecular weight excluding hydrogens is 262 g/mol. The topological polar surface area (TPSA) is 41.1 Å². The number of carbonyl (C=O) groups excluding carboxylic acids is 1. The van der Waals surface area contributed by atoms with Gasteiger partial charge in [0.1, 0.15) is 11.6 Å². The maximum atomic E-state index is 13.4. The Kier molecular flexibility index (Phi) is 5.47. The molecule has 1 fully saturated rings. The van der Waals surface area contributed by atoms with Crippen molar-refractivity contribution in [3.05, 3.63) is 35.4 Å². The van der Waals surface area contributed by atoms with Crippen LogP contribution < -0.4 is 10.6 Å². The highest BCUT2D eigenvalue weighted by molar-refractivity contribution is 5.78. The van der Waals surface area contributed by atoms with Gasteiger partial charge in [0.2, 0.25) is 5.91 Å². The Balaban J connectivity index is 1.72. The van der Waals surface area contributed by atoms with Crippen molar-refractivity contribution in [2.75, 3.05) is 19.6 Å². The first-order chi connectivity index (χ1) is 9.65. The molecule has 3 nitrogen and oxygen atoms in total. The Hall–Kier alpha value is -1.49. The summed E-state index contributed by atoms with van der Waals surface area (Å²) in [6.07, 6.45) is 3.26. The highest BCUT2D eigenvalue weighted by Crippen LogP contribution is 2.13. The van der Waals surface area contributed by atoms with Crippen LogP contribution in [0.15, 0.2) is 18.2 Å². The molecule has 1 atom stereocenters. The second-order valence-corrected chi connectivity index (χ2v) is 5.26. The number of carbonyl (C=O) groups is 1. The van der Waals surface area contributed by atoms with Gasteiger partial charge >= 0.3 is 0 Å². The van der Waals surface area contributed by atoms with E-state index in [2.05, 4.69) is 10.6 Å². The van der Waals surface area contributed by atoms with E-state index in [9.17, 15) is 13.6 Å². The summed E-state index contributed by atoms with van der Waals surface area (Å²) in [6, 6.07) is 3.28. The summed E-state index contributed by atoms with van der Waals surface area (Å²) < 4.78 is 26.1. The summed E-state index contributed by atoms with van der Waals surface area (Å²) in [5.41, 5.74) is 0.225. The Morgan fingerprint density at radius 1 is 1.40 bits per heavy atom. The van der Waals surface area contributed by atoms with Crippen molar-refractivity contribution in [1.29, 1.82) is 0 Å². The molecule has 2 rings (SSSR count). The van der Waals surface area contributed by atoms with Crippen LogP contribution in [0, 0.1) is 17.6 Å². The summed E-state index contributed by atoms with van der Waals surface area (Å²) in [4.78, 5) is 11.7. The number of piperidine rings is 1. The quantitative estimate of drug-likeness (QED) is 0.867. The molecule has 1 aliphatic heterocycles. The molecule has 1 aliphatic rings. The highest BCUT2D eigenvalue weighted by atomic mass is 19.1. The van der Waals surface area contributed by atoms with Gasteiger partial charge in [0.25, 0.3) is 0 Å². The van der Waals surface area contributed by atoms with Crippen LogP contribution >= 0.6 is 0 Å². The Morgan fingerprint density at radius 3 is 2.95 bits per heavy atom. The van der Waals surface area contributed by atoms with Gasteiger partial charge in [-0.05, 0) is 49.9 Å². The van der Waals surface area contributed by atoms with Gasteiger partial charge in [0, 0.05) is 12.6 Å². The van der Waals surface area contributed by atoms with E-state index in [0.29, 0.717) is 12.5 Å². The van der Waals surface area contributed by atoms with Crippen LogP contribution in [0.2, 0.25) is 0 Å². The lowest BCUT2D eigenvalue weighted by Crippen LogP contribution is -2.33. The Labute approximate surface area is 117 Å². The summed E-state index contributed by atoms with van der Waals surface area (Å²) in [5.74, 6) is -0.918. The summed E-state index contributed by atoms with van der Waals surface area (Å²) >= 11 is 0. The van der Waals surface area contributed by atoms with E-state index in [1.54, 1.807) is 0 Å². The maximum Gasteiger partial charge on any atom is 0.224 e. The minimum absolute atomic E-state index is 0.0466. The molecular formula is C15H20F2N2O. The summed E-state index contributed by atoms with van der Waals surface area (Å²) in [6.45, 7) is 2.68. The second-order valence-electron chi connectivity index (χ2n) is 5.26. The molecule has 0 aliphatic carbocycles. The van der Waals surface area contributed by atoms with Crippen molar-refractivity contribution in [2.45, 2.75) is 25.7 Å². The molecule has 110 valence electrons.